The Labute approximate surface area is 161 Å². The summed E-state index contributed by atoms with van der Waals surface area (Å²) in [4.78, 5) is 0. The van der Waals surface area contributed by atoms with Crippen LogP contribution in [0.25, 0.3) is 0 Å². The molecule has 0 aliphatic heterocycles. The Balaban J connectivity index is 1.98. The smallest absolute Gasteiger partial charge is 0.0656 e. The summed E-state index contributed by atoms with van der Waals surface area (Å²) in [5.41, 5.74) is 4.12. The first-order chi connectivity index (χ1) is 11.9. The van der Waals surface area contributed by atoms with E-state index < -0.39 is 8.07 Å². The van der Waals surface area contributed by atoms with E-state index in [0.717, 1.165) is 6.42 Å². The van der Waals surface area contributed by atoms with Crippen LogP contribution in [0.2, 0.25) is 19.6 Å². The van der Waals surface area contributed by atoms with Crippen LogP contribution in [-0.4, -0.2) is 8.07 Å². The molecule has 128 valence electrons. The van der Waals surface area contributed by atoms with Crippen molar-refractivity contribution in [1.29, 1.82) is 0 Å². The van der Waals surface area contributed by atoms with Crippen molar-refractivity contribution in [2.24, 2.45) is 0 Å². The van der Waals surface area contributed by atoms with Gasteiger partial charge >= 0.3 is 0 Å². The molecule has 0 bridgehead atoms. The predicted octanol–water partition coefficient (Wildman–Crippen LogP) is 6.37. The summed E-state index contributed by atoms with van der Waals surface area (Å²) >= 11 is 3.71. The van der Waals surface area contributed by atoms with Crippen molar-refractivity contribution in [2.75, 3.05) is 0 Å². The maximum Gasteiger partial charge on any atom is 0.0775 e. The molecule has 0 nitrogen and oxygen atoms in total. The molecule has 0 amide bonds. The highest BCUT2D eigenvalue weighted by molar-refractivity contribution is 9.10. The average molecular weight is 409 g/mol. The van der Waals surface area contributed by atoms with Gasteiger partial charge in [0.05, 0.1) is 8.07 Å². The highest BCUT2D eigenvalue weighted by Crippen LogP contribution is 2.31. The van der Waals surface area contributed by atoms with E-state index in [-0.39, 0.29) is 0 Å². The molecule has 0 saturated carbocycles. The van der Waals surface area contributed by atoms with Gasteiger partial charge in [-0.05, 0) is 29.2 Å². The van der Waals surface area contributed by atoms with Crippen LogP contribution in [-0.2, 0) is 6.42 Å². The highest BCUT2D eigenvalue weighted by Gasteiger charge is 2.19. The van der Waals surface area contributed by atoms with Gasteiger partial charge in [-0.25, -0.2) is 0 Å². The van der Waals surface area contributed by atoms with Crippen LogP contribution < -0.4 is 5.19 Å². The first-order valence-corrected chi connectivity index (χ1v) is 13.1. The lowest BCUT2D eigenvalue weighted by Gasteiger charge is -2.21. The fourth-order valence-electron chi connectivity index (χ4n) is 3.21. The third-order valence-electron chi connectivity index (χ3n) is 4.76. The molecule has 0 radical (unpaired) electrons. The van der Waals surface area contributed by atoms with Crippen molar-refractivity contribution in [3.63, 3.8) is 0 Å². The highest BCUT2D eigenvalue weighted by atomic mass is 79.9. The maximum atomic E-state index is 3.71. The lowest BCUT2D eigenvalue weighted by atomic mass is 9.86. The third-order valence-corrected chi connectivity index (χ3v) is 7.60. The summed E-state index contributed by atoms with van der Waals surface area (Å²) < 4.78 is 1.19. The van der Waals surface area contributed by atoms with Crippen molar-refractivity contribution in [3.05, 3.63) is 100 Å². The minimum absolute atomic E-state index is 0.371. The minimum atomic E-state index is -1.26. The molecule has 1 unspecified atom stereocenters. The van der Waals surface area contributed by atoms with E-state index in [4.69, 9.17) is 0 Å². The van der Waals surface area contributed by atoms with Gasteiger partial charge in [0.2, 0.25) is 0 Å². The molecule has 0 aromatic heterocycles. The van der Waals surface area contributed by atoms with Crippen LogP contribution in [0.15, 0.2) is 83.3 Å². The summed E-state index contributed by atoms with van der Waals surface area (Å²) in [6, 6.07) is 28.8. The number of hydrogen-bond donors (Lipinski definition) is 0. The zero-order valence-electron chi connectivity index (χ0n) is 15.2. The Morgan fingerprint density at radius 1 is 0.720 bits per heavy atom. The molecule has 0 fully saturated rings. The molecular weight excluding hydrogens is 384 g/mol. The quantitative estimate of drug-likeness (QED) is 0.430. The van der Waals surface area contributed by atoms with Crippen molar-refractivity contribution in [1.82, 2.24) is 0 Å². The van der Waals surface area contributed by atoms with Gasteiger partial charge in [-0.1, -0.05) is 114 Å². The number of rotatable bonds is 5. The Morgan fingerprint density at radius 3 is 1.88 bits per heavy atom. The van der Waals surface area contributed by atoms with E-state index in [2.05, 4.69) is 114 Å². The largest absolute Gasteiger partial charge is 0.0775 e. The topological polar surface area (TPSA) is 0 Å². The number of hydrogen-bond acceptors (Lipinski definition) is 0. The normalized spacial score (nSPS) is 12.8. The fraction of sp³-hybridized carbons (Fsp3) is 0.217. The summed E-state index contributed by atoms with van der Waals surface area (Å²) in [6.07, 6.45) is 0.998. The van der Waals surface area contributed by atoms with Gasteiger partial charge in [0.25, 0.3) is 0 Å². The third kappa shape index (κ3) is 4.50. The lowest BCUT2D eigenvalue weighted by Crippen LogP contribution is -2.37. The van der Waals surface area contributed by atoms with Gasteiger partial charge in [-0.15, -0.1) is 0 Å². The van der Waals surface area contributed by atoms with Crippen LogP contribution in [0.4, 0.5) is 0 Å². The van der Waals surface area contributed by atoms with Crippen molar-refractivity contribution < 1.29 is 0 Å². The van der Waals surface area contributed by atoms with E-state index >= 15 is 0 Å². The van der Waals surface area contributed by atoms with Crippen LogP contribution in [0.1, 0.15) is 22.6 Å². The van der Waals surface area contributed by atoms with E-state index in [1.54, 1.807) is 0 Å². The second-order valence-electron chi connectivity index (χ2n) is 7.63. The zero-order valence-corrected chi connectivity index (χ0v) is 17.8. The molecule has 1 atom stereocenters. The van der Waals surface area contributed by atoms with E-state index in [1.807, 2.05) is 0 Å². The second-order valence-corrected chi connectivity index (χ2v) is 13.6. The maximum absolute atomic E-state index is 3.71. The molecule has 0 spiro atoms. The number of benzene rings is 3. The summed E-state index contributed by atoms with van der Waals surface area (Å²) in [5, 5.41) is 1.52. The Morgan fingerprint density at radius 2 is 1.28 bits per heavy atom. The SMILES string of the molecule is C[Si](C)(C)c1ccc(C(Cc2ccccc2Br)c2ccccc2)cc1. The van der Waals surface area contributed by atoms with Crippen LogP contribution in [0.5, 0.6) is 0 Å². The van der Waals surface area contributed by atoms with Gasteiger partial charge in [0.1, 0.15) is 0 Å². The fourth-order valence-corrected chi connectivity index (χ4v) is 4.83. The van der Waals surface area contributed by atoms with Crippen LogP contribution in [0, 0.1) is 0 Å². The first kappa shape index (κ1) is 18.2. The molecule has 0 aliphatic carbocycles. The Bertz CT molecular complexity index is 817. The summed E-state index contributed by atoms with van der Waals surface area (Å²) in [6.45, 7) is 7.20. The first-order valence-electron chi connectivity index (χ1n) is 8.84. The molecule has 3 rings (SSSR count). The monoisotopic (exact) mass is 408 g/mol. The minimum Gasteiger partial charge on any atom is -0.0656 e. The van der Waals surface area contributed by atoms with Crippen molar-refractivity contribution in [2.45, 2.75) is 32.0 Å². The van der Waals surface area contributed by atoms with Crippen molar-refractivity contribution in [3.8, 4) is 0 Å². The van der Waals surface area contributed by atoms with Gasteiger partial charge in [0, 0.05) is 10.4 Å². The molecular formula is C23H25BrSi. The Kier molecular flexibility index (Phi) is 5.60. The van der Waals surface area contributed by atoms with Gasteiger partial charge in [-0.2, -0.15) is 0 Å². The summed E-state index contributed by atoms with van der Waals surface area (Å²) in [7, 11) is -1.26. The van der Waals surface area contributed by atoms with Gasteiger partial charge < -0.3 is 0 Å². The zero-order chi connectivity index (χ0) is 17.9. The predicted molar refractivity (Wildman–Crippen MR) is 116 cm³/mol. The molecule has 3 aromatic rings. The second kappa shape index (κ2) is 7.71. The van der Waals surface area contributed by atoms with Crippen molar-refractivity contribution >= 4 is 29.2 Å². The molecule has 25 heavy (non-hydrogen) atoms. The van der Waals surface area contributed by atoms with E-state index in [1.165, 1.54) is 26.3 Å². The van der Waals surface area contributed by atoms with E-state index in [0.29, 0.717) is 5.92 Å². The summed E-state index contributed by atoms with van der Waals surface area (Å²) in [5.74, 6) is 0.371. The molecule has 0 saturated heterocycles. The Hall–Kier alpha value is -1.64. The van der Waals surface area contributed by atoms with Crippen LogP contribution >= 0.6 is 15.9 Å². The molecule has 2 heteroatoms. The average Bonchev–Trinajstić information content (AvgIpc) is 2.61. The number of halogens is 1. The molecule has 3 aromatic carbocycles. The van der Waals surface area contributed by atoms with Gasteiger partial charge in [0.15, 0.2) is 0 Å². The van der Waals surface area contributed by atoms with Crippen LogP contribution in [0.3, 0.4) is 0 Å². The molecule has 0 N–H and O–H groups in total. The standard InChI is InChI=1S/C23H25BrSi/c1-25(2,3)21-15-13-19(14-16-21)22(18-9-5-4-6-10-18)17-20-11-7-8-12-23(20)24/h4-16,22H,17H2,1-3H3. The van der Waals surface area contributed by atoms with E-state index in [9.17, 15) is 0 Å². The van der Waals surface area contributed by atoms with Gasteiger partial charge in [-0.3, -0.25) is 0 Å². The molecule has 0 aliphatic rings. The lowest BCUT2D eigenvalue weighted by molar-refractivity contribution is 0.802. The molecule has 0 heterocycles.